The third kappa shape index (κ3) is 4.13. The molecule has 4 rings (SSSR count). The van der Waals surface area contributed by atoms with Gasteiger partial charge < -0.3 is 14.2 Å². The van der Waals surface area contributed by atoms with Crippen molar-refractivity contribution in [3.05, 3.63) is 47.2 Å². The molecule has 0 atom stereocenters. The minimum Gasteiger partial charge on any atom is -0.474 e. The lowest BCUT2D eigenvalue weighted by Crippen LogP contribution is -2.20. The first-order chi connectivity index (χ1) is 14.0. The molecular formula is C22H23N5O2. The Balaban J connectivity index is 1.62. The summed E-state index contributed by atoms with van der Waals surface area (Å²) in [6, 6.07) is 10.1. The smallest absolute Gasteiger partial charge is 0.259 e. The van der Waals surface area contributed by atoms with E-state index >= 15 is 0 Å². The Hall–Kier alpha value is -3.24. The quantitative estimate of drug-likeness (QED) is 0.675. The first-order valence-corrected chi connectivity index (χ1v) is 9.75. The maximum atomic E-state index is 9.40. The van der Waals surface area contributed by atoms with Gasteiger partial charge in [-0.3, -0.25) is 0 Å². The molecule has 0 spiro atoms. The molecular weight excluding hydrogens is 366 g/mol. The predicted octanol–water partition coefficient (Wildman–Crippen LogP) is 3.49. The summed E-state index contributed by atoms with van der Waals surface area (Å²) in [5, 5.41) is 13.5. The first kappa shape index (κ1) is 19.1. The molecule has 1 aliphatic rings. The average Bonchev–Trinajstić information content (AvgIpc) is 3.13. The lowest BCUT2D eigenvalue weighted by atomic mass is 10.00. The summed E-state index contributed by atoms with van der Waals surface area (Å²) in [5.41, 5.74) is 4.57. The Bertz CT molecular complexity index is 1070. The van der Waals surface area contributed by atoms with Crippen LogP contribution in [0.3, 0.4) is 0 Å². The number of benzene rings is 1. The van der Waals surface area contributed by atoms with Gasteiger partial charge in [0.05, 0.1) is 11.7 Å². The van der Waals surface area contributed by atoms with Crippen LogP contribution in [0, 0.1) is 11.3 Å². The van der Waals surface area contributed by atoms with Crippen molar-refractivity contribution in [3.63, 3.8) is 0 Å². The van der Waals surface area contributed by atoms with Crippen molar-refractivity contribution < 1.29 is 9.26 Å². The molecule has 0 saturated heterocycles. The van der Waals surface area contributed by atoms with Gasteiger partial charge in [-0.1, -0.05) is 17.3 Å². The fraction of sp³-hybridized carbons (Fsp3) is 0.364. The molecule has 0 N–H and O–H groups in total. The molecule has 0 bridgehead atoms. The third-order valence-electron chi connectivity index (χ3n) is 4.98. The van der Waals surface area contributed by atoms with Crippen molar-refractivity contribution in [2.45, 2.75) is 32.8 Å². The van der Waals surface area contributed by atoms with Gasteiger partial charge in [0.25, 0.3) is 5.89 Å². The first-order valence-electron chi connectivity index (χ1n) is 9.75. The number of nitriles is 1. The number of likely N-dealkylation sites (N-methyl/N-ethyl adjacent to an activating group) is 1. The zero-order chi connectivity index (χ0) is 20.4. The van der Waals surface area contributed by atoms with Crippen LogP contribution in [0.2, 0.25) is 0 Å². The minimum absolute atomic E-state index is 0.0662. The van der Waals surface area contributed by atoms with E-state index in [4.69, 9.17) is 9.26 Å². The van der Waals surface area contributed by atoms with Crippen molar-refractivity contribution in [1.82, 2.24) is 20.0 Å². The van der Waals surface area contributed by atoms with E-state index in [0.29, 0.717) is 28.7 Å². The number of fused-ring (bicyclic) bond motifs is 1. The summed E-state index contributed by atoms with van der Waals surface area (Å²) in [5.74, 6) is 1.16. The van der Waals surface area contributed by atoms with Crippen LogP contribution in [-0.4, -0.2) is 46.3 Å². The van der Waals surface area contributed by atoms with E-state index in [-0.39, 0.29) is 6.10 Å². The SMILES string of the molecule is CC(C)Oc1ncc(-c2nc(-c3ccc4c(c3)CCN(C)CC4)no2)cc1C#N. The molecule has 148 valence electrons. The van der Waals surface area contributed by atoms with Gasteiger partial charge in [0.1, 0.15) is 11.6 Å². The minimum atomic E-state index is -0.0662. The van der Waals surface area contributed by atoms with Crippen molar-refractivity contribution in [1.29, 1.82) is 5.26 Å². The largest absolute Gasteiger partial charge is 0.474 e. The number of ether oxygens (including phenoxy) is 1. The summed E-state index contributed by atoms with van der Waals surface area (Å²) >= 11 is 0. The van der Waals surface area contributed by atoms with Crippen molar-refractivity contribution in [2.75, 3.05) is 20.1 Å². The highest BCUT2D eigenvalue weighted by Crippen LogP contribution is 2.27. The zero-order valence-corrected chi connectivity index (χ0v) is 16.8. The molecule has 7 nitrogen and oxygen atoms in total. The number of hydrogen-bond donors (Lipinski definition) is 0. The van der Waals surface area contributed by atoms with Crippen LogP contribution in [0.5, 0.6) is 5.88 Å². The number of aromatic nitrogens is 3. The summed E-state index contributed by atoms with van der Waals surface area (Å²) < 4.78 is 11.0. The van der Waals surface area contributed by atoms with Gasteiger partial charge in [-0.15, -0.1) is 0 Å². The lowest BCUT2D eigenvalue weighted by Gasteiger charge is -2.10. The lowest BCUT2D eigenvalue weighted by molar-refractivity contribution is 0.232. The summed E-state index contributed by atoms with van der Waals surface area (Å²) in [7, 11) is 2.15. The van der Waals surface area contributed by atoms with Crippen LogP contribution in [0.4, 0.5) is 0 Å². The number of pyridine rings is 1. The molecule has 29 heavy (non-hydrogen) atoms. The summed E-state index contributed by atoms with van der Waals surface area (Å²) in [6.45, 7) is 5.89. The molecule has 3 aromatic rings. The van der Waals surface area contributed by atoms with E-state index in [1.54, 1.807) is 12.3 Å². The molecule has 1 aromatic carbocycles. The summed E-state index contributed by atoms with van der Waals surface area (Å²) in [4.78, 5) is 11.1. The Kier molecular flexibility index (Phi) is 5.28. The molecule has 3 heterocycles. The molecule has 1 aliphatic heterocycles. The van der Waals surface area contributed by atoms with E-state index in [0.717, 1.165) is 31.5 Å². The van der Waals surface area contributed by atoms with E-state index in [9.17, 15) is 5.26 Å². The van der Waals surface area contributed by atoms with Crippen LogP contribution in [0.25, 0.3) is 22.8 Å². The highest BCUT2D eigenvalue weighted by atomic mass is 16.5. The zero-order valence-electron chi connectivity index (χ0n) is 16.8. The van der Waals surface area contributed by atoms with Gasteiger partial charge in [0.2, 0.25) is 11.7 Å². The predicted molar refractivity (Wildman–Crippen MR) is 108 cm³/mol. The second kappa shape index (κ2) is 8.02. The van der Waals surface area contributed by atoms with Crippen LogP contribution < -0.4 is 4.74 Å². The fourth-order valence-corrected chi connectivity index (χ4v) is 3.40. The van der Waals surface area contributed by atoms with Crippen molar-refractivity contribution >= 4 is 0 Å². The van der Waals surface area contributed by atoms with E-state index < -0.39 is 0 Å². The summed E-state index contributed by atoms with van der Waals surface area (Å²) in [6.07, 6.45) is 3.58. The fourth-order valence-electron chi connectivity index (χ4n) is 3.40. The molecule has 7 heteroatoms. The topological polar surface area (TPSA) is 88.1 Å². The molecule has 0 fully saturated rings. The molecule has 0 radical (unpaired) electrons. The van der Waals surface area contributed by atoms with Gasteiger partial charge in [-0.2, -0.15) is 10.2 Å². The second-order valence-electron chi connectivity index (χ2n) is 7.57. The van der Waals surface area contributed by atoms with Crippen LogP contribution in [0.1, 0.15) is 30.5 Å². The molecule has 0 unspecified atom stereocenters. The average molecular weight is 389 g/mol. The Morgan fingerprint density at radius 3 is 2.69 bits per heavy atom. The molecule has 2 aromatic heterocycles. The van der Waals surface area contributed by atoms with Gasteiger partial charge >= 0.3 is 0 Å². The maximum Gasteiger partial charge on any atom is 0.259 e. The number of nitrogens with zero attached hydrogens (tertiary/aromatic N) is 5. The van der Waals surface area contributed by atoms with E-state index in [2.05, 4.69) is 45.3 Å². The van der Waals surface area contributed by atoms with Crippen LogP contribution >= 0.6 is 0 Å². The van der Waals surface area contributed by atoms with E-state index in [1.807, 2.05) is 19.9 Å². The van der Waals surface area contributed by atoms with Crippen LogP contribution in [-0.2, 0) is 12.8 Å². The highest BCUT2D eigenvalue weighted by molar-refractivity contribution is 5.62. The van der Waals surface area contributed by atoms with Crippen LogP contribution in [0.15, 0.2) is 35.0 Å². The second-order valence-corrected chi connectivity index (χ2v) is 7.57. The Morgan fingerprint density at radius 2 is 1.93 bits per heavy atom. The monoisotopic (exact) mass is 389 g/mol. The van der Waals surface area contributed by atoms with Gasteiger partial charge in [-0.05, 0) is 57.0 Å². The third-order valence-corrected chi connectivity index (χ3v) is 4.98. The maximum absolute atomic E-state index is 9.40. The standard InChI is InChI=1S/C22H23N5O2/c1-14(2)28-21-18(12-23)11-19(13-24-21)22-25-20(26-29-22)17-5-4-15-6-8-27(3)9-7-16(15)10-17/h4-5,10-11,13-14H,6-9H2,1-3H3. The molecule has 0 aliphatic carbocycles. The van der Waals surface area contributed by atoms with Crippen molar-refractivity contribution in [3.8, 4) is 34.8 Å². The Labute approximate surface area is 169 Å². The Morgan fingerprint density at radius 1 is 1.14 bits per heavy atom. The van der Waals surface area contributed by atoms with Gasteiger partial charge in [-0.25, -0.2) is 4.98 Å². The number of rotatable bonds is 4. The molecule has 0 amide bonds. The normalized spacial score (nSPS) is 14.3. The van der Waals surface area contributed by atoms with E-state index in [1.165, 1.54) is 11.1 Å². The van der Waals surface area contributed by atoms with Gasteiger partial charge in [0.15, 0.2) is 0 Å². The number of hydrogen-bond acceptors (Lipinski definition) is 7. The molecule has 0 saturated carbocycles. The highest BCUT2D eigenvalue weighted by Gasteiger charge is 2.17. The van der Waals surface area contributed by atoms with Crippen molar-refractivity contribution in [2.24, 2.45) is 0 Å². The van der Waals surface area contributed by atoms with Gasteiger partial charge in [0, 0.05) is 24.8 Å².